The van der Waals surface area contributed by atoms with Crippen LogP contribution in [-0.2, 0) is 22.7 Å². The van der Waals surface area contributed by atoms with Crippen molar-refractivity contribution in [2.75, 3.05) is 26.7 Å². The Morgan fingerprint density at radius 1 is 1.12 bits per heavy atom. The van der Waals surface area contributed by atoms with Crippen molar-refractivity contribution < 1.29 is 13.2 Å². The van der Waals surface area contributed by atoms with Crippen LogP contribution in [0.1, 0.15) is 43.7 Å². The minimum atomic E-state index is -3.65. The van der Waals surface area contributed by atoms with Gasteiger partial charge >= 0.3 is 0 Å². The van der Waals surface area contributed by atoms with Crippen molar-refractivity contribution in [3.63, 3.8) is 0 Å². The first kappa shape index (κ1) is 24.5. The Labute approximate surface area is 203 Å². The smallest absolute Gasteiger partial charge is 0.196 e. The second kappa shape index (κ2) is 10.8. The van der Waals surface area contributed by atoms with Crippen LogP contribution in [0.5, 0.6) is 5.75 Å². The molecule has 0 amide bonds. The Morgan fingerprint density at radius 3 is 2.58 bits per heavy atom. The SMILES string of the molecule is CCCN(C1CCc2ccc(OC)cc2C1)C(C1CCNCC1)S(=O)(=O)c1ccccc1Cl. The fourth-order valence-electron chi connectivity index (χ4n) is 5.54. The molecule has 1 aliphatic carbocycles. The number of nitrogens with one attached hydrogen (secondary N) is 1. The van der Waals surface area contributed by atoms with E-state index >= 15 is 0 Å². The fraction of sp³-hybridized carbons (Fsp3) is 0.538. The molecular formula is C26H35ClN2O3S. The predicted octanol–water partition coefficient (Wildman–Crippen LogP) is 4.72. The minimum absolute atomic E-state index is 0.0748. The van der Waals surface area contributed by atoms with Crippen LogP contribution in [0.3, 0.4) is 0 Å². The van der Waals surface area contributed by atoms with Gasteiger partial charge in [0.15, 0.2) is 9.84 Å². The highest BCUT2D eigenvalue weighted by Crippen LogP contribution is 2.37. The first-order chi connectivity index (χ1) is 16.0. The molecule has 180 valence electrons. The van der Waals surface area contributed by atoms with Crippen LogP contribution in [0.15, 0.2) is 47.4 Å². The molecule has 2 aromatic carbocycles. The number of aryl methyl sites for hydroxylation is 1. The highest BCUT2D eigenvalue weighted by atomic mass is 35.5. The van der Waals surface area contributed by atoms with Gasteiger partial charge in [-0.05, 0) is 99.5 Å². The minimum Gasteiger partial charge on any atom is -0.497 e. The molecule has 0 aromatic heterocycles. The molecule has 0 saturated carbocycles. The van der Waals surface area contributed by atoms with Gasteiger partial charge in [0.05, 0.1) is 17.0 Å². The predicted molar refractivity (Wildman–Crippen MR) is 134 cm³/mol. The summed E-state index contributed by atoms with van der Waals surface area (Å²) >= 11 is 6.44. The lowest BCUT2D eigenvalue weighted by Crippen LogP contribution is -2.54. The second-order valence-electron chi connectivity index (χ2n) is 9.22. The molecule has 1 fully saturated rings. The summed E-state index contributed by atoms with van der Waals surface area (Å²) in [4.78, 5) is 2.56. The number of rotatable bonds is 8. The van der Waals surface area contributed by atoms with E-state index in [1.54, 1.807) is 31.4 Å². The molecule has 2 aromatic rings. The van der Waals surface area contributed by atoms with Crippen LogP contribution in [0.25, 0.3) is 0 Å². The van der Waals surface area contributed by atoms with Gasteiger partial charge in [-0.3, -0.25) is 4.90 Å². The summed E-state index contributed by atoms with van der Waals surface area (Å²) in [7, 11) is -1.96. The molecule has 1 heterocycles. The standard InChI is InChI=1S/C26H35ClN2O3S/c1-3-16-29(22-10-8-19-9-11-23(32-2)18-21(19)17-22)26(20-12-14-28-15-13-20)33(30,31)25-7-5-4-6-24(25)27/h4-7,9,11,18,20,22,26,28H,3,8,10,12-17H2,1-2H3. The zero-order valence-corrected chi connectivity index (χ0v) is 21.2. The van der Waals surface area contributed by atoms with Gasteiger partial charge in [0.25, 0.3) is 0 Å². The van der Waals surface area contributed by atoms with Crippen molar-refractivity contribution in [3.05, 3.63) is 58.6 Å². The summed E-state index contributed by atoms with van der Waals surface area (Å²) in [6, 6.07) is 13.4. The molecule has 0 bridgehead atoms. The number of fused-ring (bicyclic) bond motifs is 1. The van der Waals surface area contributed by atoms with Gasteiger partial charge in [-0.15, -0.1) is 0 Å². The van der Waals surface area contributed by atoms with Crippen molar-refractivity contribution in [3.8, 4) is 5.75 Å². The normalized spacial score (nSPS) is 20.4. The second-order valence-corrected chi connectivity index (χ2v) is 11.6. The van der Waals surface area contributed by atoms with Gasteiger partial charge < -0.3 is 10.1 Å². The van der Waals surface area contributed by atoms with Crippen LogP contribution in [0.4, 0.5) is 0 Å². The number of methoxy groups -OCH3 is 1. The molecule has 0 spiro atoms. The van der Waals surface area contributed by atoms with Gasteiger partial charge in [-0.1, -0.05) is 36.7 Å². The Balaban J connectivity index is 1.74. The van der Waals surface area contributed by atoms with Gasteiger partial charge in [0.2, 0.25) is 0 Å². The number of ether oxygens (including phenoxy) is 1. The van der Waals surface area contributed by atoms with Crippen molar-refractivity contribution in [2.45, 2.75) is 61.8 Å². The maximum absolute atomic E-state index is 14.2. The summed E-state index contributed by atoms with van der Waals surface area (Å²) in [5.41, 5.74) is 2.61. The zero-order chi connectivity index (χ0) is 23.4. The van der Waals surface area contributed by atoms with Crippen LogP contribution in [0.2, 0.25) is 5.02 Å². The Kier molecular flexibility index (Phi) is 8.00. The summed E-state index contributed by atoms with van der Waals surface area (Å²) in [6.45, 7) is 4.59. The number of hydrogen-bond donors (Lipinski definition) is 1. The number of nitrogens with zero attached hydrogens (tertiary/aromatic N) is 1. The lowest BCUT2D eigenvalue weighted by Gasteiger charge is -2.44. The number of hydrogen-bond acceptors (Lipinski definition) is 5. The molecule has 1 N–H and O–H groups in total. The van der Waals surface area contributed by atoms with Gasteiger partial charge in [0.1, 0.15) is 11.1 Å². The van der Waals surface area contributed by atoms with Gasteiger partial charge in [0, 0.05) is 6.04 Å². The van der Waals surface area contributed by atoms with E-state index in [0.717, 1.165) is 63.9 Å². The Morgan fingerprint density at radius 2 is 1.88 bits per heavy atom. The highest BCUT2D eigenvalue weighted by molar-refractivity contribution is 7.92. The summed E-state index contributed by atoms with van der Waals surface area (Å²) < 4.78 is 33.8. The summed E-state index contributed by atoms with van der Waals surface area (Å²) in [5, 5.41) is 3.13. The van der Waals surface area contributed by atoms with E-state index in [1.165, 1.54) is 11.1 Å². The van der Waals surface area contributed by atoms with Crippen LogP contribution in [0, 0.1) is 5.92 Å². The quantitative estimate of drug-likeness (QED) is 0.580. The van der Waals surface area contributed by atoms with Crippen LogP contribution < -0.4 is 10.1 Å². The first-order valence-corrected chi connectivity index (χ1v) is 14.0. The summed E-state index contributed by atoms with van der Waals surface area (Å²) in [6.07, 6.45) is 5.36. The monoisotopic (exact) mass is 490 g/mol. The average molecular weight is 491 g/mol. The molecule has 5 nitrogen and oxygen atoms in total. The van der Waals surface area contributed by atoms with Crippen molar-refractivity contribution >= 4 is 21.4 Å². The van der Waals surface area contributed by atoms with Gasteiger partial charge in [-0.25, -0.2) is 8.42 Å². The molecule has 33 heavy (non-hydrogen) atoms. The van der Waals surface area contributed by atoms with E-state index in [-0.39, 0.29) is 16.9 Å². The average Bonchev–Trinajstić information content (AvgIpc) is 2.83. The van der Waals surface area contributed by atoms with Crippen LogP contribution in [-0.4, -0.2) is 51.5 Å². The fourth-order valence-corrected chi connectivity index (χ4v) is 8.28. The third kappa shape index (κ3) is 5.24. The third-order valence-corrected chi connectivity index (χ3v) is 9.84. The number of halogens is 1. The molecule has 2 aliphatic rings. The molecule has 4 rings (SSSR count). The number of piperidine rings is 1. The molecule has 2 atom stereocenters. The molecule has 1 aliphatic heterocycles. The lowest BCUT2D eigenvalue weighted by atomic mass is 9.86. The van der Waals surface area contributed by atoms with Crippen LogP contribution >= 0.6 is 11.6 Å². The van der Waals surface area contributed by atoms with E-state index in [1.807, 2.05) is 6.07 Å². The molecule has 0 radical (unpaired) electrons. The Bertz CT molecular complexity index is 1050. The zero-order valence-electron chi connectivity index (χ0n) is 19.6. The lowest BCUT2D eigenvalue weighted by molar-refractivity contribution is 0.113. The molecule has 1 saturated heterocycles. The maximum Gasteiger partial charge on any atom is 0.196 e. The number of sulfone groups is 1. The van der Waals surface area contributed by atoms with Crippen molar-refractivity contribution in [1.29, 1.82) is 0 Å². The van der Waals surface area contributed by atoms with E-state index < -0.39 is 15.2 Å². The van der Waals surface area contributed by atoms with E-state index in [4.69, 9.17) is 16.3 Å². The van der Waals surface area contributed by atoms with E-state index in [0.29, 0.717) is 5.02 Å². The van der Waals surface area contributed by atoms with Gasteiger partial charge in [-0.2, -0.15) is 0 Å². The first-order valence-electron chi connectivity index (χ1n) is 12.1. The molecule has 7 heteroatoms. The number of benzene rings is 2. The maximum atomic E-state index is 14.2. The molecule has 2 unspecified atom stereocenters. The topological polar surface area (TPSA) is 58.6 Å². The van der Waals surface area contributed by atoms with Crippen molar-refractivity contribution in [1.82, 2.24) is 10.2 Å². The van der Waals surface area contributed by atoms with E-state index in [9.17, 15) is 8.42 Å². The third-order valence-electron chi connectivity index (χ3n) is 7.14. The molecular weight excluding hydrogens is 456 g/mol. The van der Waals surface area contributed by atoms with E-state index in [2.05, 4.69) is 29.3 Å². The van der Waals surface area contributed by atoms with Crippen molar-refractivity contribution in [2.24, 2.45) is 5.92 Å². The summed E-state index contributed by atoms with van der Waals surface area (Å²) in [5.74, 6) is 0.931. The Hall–Kier alpha value is -1.60. The highest BCUT2D eigenvalue weighted by Gasteiger charge is 2.43. The largest absolute Gasteiger partial charge is 0.497 e.